The number of amides is 2. The summed E-state index contributed by atoms with van der Waals surface area (Å²) in [5, 5.41) is 11.8. The Kier molecular flexibility index (Phi) is 4.41. The van der Waals surface area contributed by atoms with Crippen LogP contribution < -0.4 is 5.32 Å². The number of likely N-dealkylation sites (tertiary alicyclic amines) is 1. The van der Waals surface area contributed by atoms with Crippen molar-refractivity contribution in [1.29, 1.82) is 0 Å². The van der Waals surface area contributed by atoms with Crippen LogP contribution in [0, 0.1) is 11.3 Å². The molecular weight excluding hydrogens is 322 g/mol. The molecule has 0 spiro atoms. The predicted molar refractivity (Wildman–Crippen MR) is 93.5 cm³/mol. The minimum absolute atomic E-state index is 0.0777. The van der Waals surface area contributed by atoms with Crippen LogP contribution in [0.5, 0.6) is 0 Å². The van der Waals surface area contributed by atoms with Gasteiger partial charge in [-0.05, 0) is 30.0 Å². The van der Waals surface area contributed by atoms with E-state index in [2.05, 4.69) is 31.1 Å². The Morgan fingerprint density at radius 2 is 2.16 bits per heavy atom. The Hall–Kier alpha value is -2.57. The van der Waals surface area contributed by atoms with Crippen LogP contribution >= 0.6 is 0 Å². The van der Waals surface area contributed by atoms with Crippen LogP contribution in [-0.4, -0.2) is 40.1 Å². The summed E-state index contributed by atoms with van der Waals surface area (Å²) in [5.41, 5.74) is 2.08. The van der Waals surface area contributed by atoms with E-state index in [9.17, 15) is 9.59 Å². The fourth-order valence-electron chi connectivity index (χ4n) is 2.93. The molecule has 2 amide bonds. The van der Waals surface area contributed by atoms with E-state index in [1.807, 2.05) is 0 Å². The molecule has 2 N–H and O–H groups in total. The molecule has 1 aromatic heterocycles. The molecule has 7 nitrogen and oxygen atoms in total. The Morgan fingerprint density at radius 3 is 2.80 bits per heavy atom. The highest BCUT2D eigenvalue weighted by Gasteiger charge is 2.30. The number of carboxylic acids is 1. The second kappa shape index (κ2) is 6.38. The van der Waals surface area contributed by atoms with Gasteiger partial charge in [-0.3, -0.25) is 4.79 Å². The first-order valence-electron chi connectivity index (χ1n) is 8.39. The van der Waals surface area contributed by atoms with Crippen LogP contribution in [-0.2, 0) is 11.2 Å². The Balaban J connectivity index is 1.69. The predicted octanol–water partition coefficient (Wildman–Crippen LogP) is 3.35. The van der Waals surface area contributed by atoms with Gasteiger partial charge in [0, 0.05) is 25.2 Å². The highest BCUT2D eigenvalue weighted by Crippen LogP contribution is 2.25. The number of anilines is 1. The first-order chi connectivity index (χ1) is 11.7. The van der Waals surface area contributed by atoms with E-state index < -0.39 is 11.9 Å². The molecule has 25 heavy (non-hydrogen) atoms. The molecule has 1 fully saturated rings. The van der Waals surface area contributed by atoms with Gasteiger partial charge in [0.05, 0.1) is 5.92 Å². The molecule has 0 aliphatic carbocycles. The molecule has 0 bridgehead atoms. The lowest BCUT2D eigenvalue weighted by atomic mass is 9.92. The van der Waals surface area contributed by atoms with Gasteiger partial charge in [0.2, 0.25) is 0 Å². The molecule has 2 heterocycles. The van der Waals surface area contributed by atoms with Gasteiger partial charge >= 0.3 is 12.0 Å². The lowest BCUT2D eigenvalue weighted by Gasteiger charge is -2.16. The highest BCUT2D eigenvalue weighted by molar-refractivity contribution is 5.92. The van der Waals surface area contributed by atoms with Crippen molar-refractivity contribution in [3.05, 3.63) is 24.1 Å². The first-order valence-corrected chi connectivity index (χ1v) is 8.39. The number of aliphatic carboxylic acids is 1. The second-order valence-electron chi connectivity index (χ2n) is 7.73. The normalized spacial score (nSPS) is 17.9. The topological polar surface area (TPSA) is 95.7 Å². The maximum absolute atomic E-state index is 12.3. The SMILES string of the molecule is CC(C)(C)Cc1nc2cc(NC(=O)N3CCC(C(=O)O)C3)ccc2o1. The molecule has 134 valence electrons. The van der Waals surface area contributed by atoms with Gasteiger partial charge in [-0.25, -0.2) is 9.78 Å². The van der Waals surface area contributed by atoms with Crippen molar-refractivity contribution >= 4 is 28.8 Å². The molecule has 1 aliphatic rings. The number of carbonyl (C=O) groups is 2. The fourth-order valence-corrected chi connectivity index (χ4v) is 2.93. The summed E-state index contributed by atoms with van der Waals surface area (Å²) >= 11 is 0. The number of rotatable bonds is 3. The summed E-state index contributed by atoms with van der Waals surface area (Å²) in [6.45, 7) is 7.05. The lowest BCUT2D eigenvalue weighted by molar-refractivity contribution is -0.141. The quantitative estimate of drug-likeness (QED) is 0.889. The van der Waals surface area contributed by atoms with Gasteiger partial charge in [-0.15, -0.1) is 0 Å². The molecular formula is C18H23N3O4. The van der Waals surface area contributed by atoms with Crippen molar-refractivity contribution in [2.75, 3.05) is 18.4 Å². The Bertz CT molecular complexity index is 806. The van der Waals surface area contributed by atoms with Crippen LogP contribution in [0.15, 0.2) is 22.6 Å². The van der Waals surface area contributed by atoms with Crippen molar-refractivity contribution in [2.24, 2.45) is 11.3 Å². The molecule has 1 saturated heterocycles. The van der Waals surface area contributed by atoms with E-state index in [-0.39, 0.29) is 18.0 Å². The van der Waals surface area contributed by atoms with E-state index in [4.69, 9.17) is 9.52 Å². The third-order valence-corrected chi connectivity index (χ3v) is 4.19. The maximum atomic E-state index is 12.3. The number of aromatic nitrogens is 1. The van der Waals surface area contributed by atoms with Gasteiger partial charge in [0.1, 0.15) is 5.52 Å². The van der Waals surface area contributed by atoms with Gasteiger partial charge in [0.15, 0.2) is 11.5 Å². The molecule has 1 atom stereocenters. The fraction of sp³-hybridized carbons (Fsp3) is 0.500. The number of nitrogens with one attached hydrogen (secondary N) is 1. The van der Waals surface area contributed by atoms with Gasteiger partial charge < -0.3 is 19.7 Å². The minimum Gasteiger partial charge on any atom is -0.481 e. The van der Waals surface area contributed by atoms with Crippen molar-refractivity contribution in [1.82, 2.24) is 9.88 Å². The molecule has 0 saturated carbocycles. The summed E-state index contributed by atoms with van der Waals surface area (Å²) in [6, 6.07) is 5.03. The average Bonchev–Trinajstić information content (AvgIpc) is 3.10. The summed E-state index contributed by atoms with van der Waals surface area (Å²) in [5.74, 6) is -0.663. The van der Waals surface area contributed by atoms with Crippen LogP contribution in [0.1, 0.15) is 33.1 Å². The average molecular weight is 345 g/mol. The smallest absolute Gasteiger partial charge is 0.321 e. The first kappa shape index (κ1) is 17.3. The van der Waals surface area contributed by atoms with Crippen molar-refractivity contribution in [3.8, 4) is 0 Å². The van der Waals surface area contributed by atoms with E-state index in [0.29, 0.717) is 35.6 Å². The van der Waals surface area contributed by atoms with E-state index in [1.165, 1.54) is 4.90 Å². The molecule has 1 aromatic carbocycles. The number of carboxylic acid groups (broad SMARTS) is 1. The number of hydrogen-bond donors (Lipinski definition) is 2. The summed E-state index contributed by atoms with van der Waals surface area (Å²) in [7, 11) is 0. The maximum Gasteiger partial charge on any atom is 0.321 e. The van der Waals surface area contributed by atoms with Crippen LogP contribution in [0.3, 0.4) is 0 Å². The van der Waals surface area contributed by atoms with E-state index in [1.54, 1.807) is 18.2 Å². The number of oxazole rings is 1. The van der Waals surface area contributed by atoms with Crippen molar-refractivity contribution in [3.63, 3.8) is 0 Å². The van der Waals surface area contributed by atoms with Crippen LogP contribution in [0.25, 0.3) is 11.1 Å². The van der Waals surface area contributed by atoms with Gasteiger partial charge in [-0.1, -0.05) is 20.8 Å². The Morgan fingerprint density at radius 1 is 1.40 bits per heavy atom. The van der Waals surface area contributed by atoms with Crippen molar-refractivity contribution < 1.29 is 19.1 Å². The summed E-state index contributed by atoms with van der Waals surface area (Å²) in [6.07, 6.45) is 1.22. The zero-order valence-corrected chi connectivity index (χ0v) is 14.7. The molecule has 2 aromatic rings. The zero-order valence-electron chi connectivity index (χ0n) is 14.7. The summed E-state index contributed by atoms with van der Waals surface area (Å²) < 4.78 is 5.74. The number of urea groups is 1. The zero-order chi connectivity index (χ0) is 18.2. The number of benzene rings is 1. The number of fused-ring (bicyclic) bond motifs is 1. The van der Waals surface area contributed by atoms with E-state index >= 15 is 0 Å². The standard InChI is InChI=1S/C18H23N3O4/c1-18(2,3)9-15-20-13-8-12(4-5-14(13)25-15)19-17(24)21-7-6-11(10-21)16(22)23/h4-5,8,11H,6-7,9-10H2,1-3H3,(H,19,24)(H,22,23). The largest absolute Gasteiger partial charge is 0.481 e. The van der Waals surface area contributed by atoms with Crippen molar-refractivity contribution in [2.45, 2.75) is 33.6 Å². The third kappa shape index (κ3) is 4.10. The third-order valence-electron chi connectivity index (χ3n) is 4.19. The second-order valence-corrected chi connectivity index (χ2v) is 7.73. The summed E-state index contributed by atoms with van der Waals surface area (Å²) in [4.78, 5) is 29.3. The molecule has 1 unspecified atom stereocenters. The van der Waals surface area contributed by atoms with Gasteiger partial charge in [-0.2, -0.15) is 0 Å². The van der Waals surface area contributed by atoms with E-state index in [0.717, 1.165) is 6.42 Å². The molecule has 1 aliphatic heterocycles. The van der Waals surface area contributed by atoms with Crippen LogP contribution in [0.4, 0.5) is 10.5 Å². The molecule has 0 radical (unpaired) electrons. The lowest BCUT2D eigenvalue weighted by Crippen LogP contribution is -2.33. The monoisotopic (exact) mass is 345 g/mol. The van der Waals surface area contributed by atoms with Gasteiger partial charge in [0.25, 0.3) is 0 Å². The molecule has 7 heteroatoms. The minimum atomic E-state index is -0.856. The Labute approximate surface area is 146 Å². The van der Waals surface area contributed by atoms with Crippen LogP contribution in [0.2, 0.25) is 0 Å². The number of carbonyl (C=O) groups excluding carboxylic acids is 1. The highest BCUT2D eigenvalue weighted by atomic mass is 16.4. The number of nitrogens with zero attached hydrogens (tertiary/aromatic N) is 2. The molecule has 3 rings (SSSR count). The number of hydrogen-bond acceptors (Lipinski definition) is 4.